The van der Waals surface area contributed by atoms with Crippen LogP contribution in [-0.4, -0.2) is 12.5 Å². The molecule has 0 aliphatic heterocycles. The van der Waals surface area contributed by atoms with Crippen LogP contribution in [0.5, 0.6) is 0 Å². The molecule has 0 aliphatic carbocycles. The van der Waals surface area contributed by atoms with Crippen LogP contribution in [0.15, 0.2) is 0 Å². The second-order valence-corrected chi connectivity index (χ2v) is 2.52. The summed E-state index contributed by atoms with van der Waals surface area (Å²) in [5.74, 6) is -2.63. The largest absolute Gasteiger partial charge is 0.325 e. The molecule has 0 bridgehead atoms. The summed E-state index contributed by atoms with van der Waals surface area (Å²) in [6.45, 7) is 1.47. The summed E-state index contributed by atoms with van der Waals surface area (Å²) in [5.41, 5.74) is 4.84. The highest BCUT2D eigenvalue weighted by Crippen LogP contribution is 2.19. The first-order valence-corrected chi connectivity index (χ1v) is 3.70. The maximum absolute atomic E-state index is 12.4. The highest BCUT2D eigenvalue weighted by Gasteiger charge is 2.24. The Labute approximate surface area is 60.6 Å². The lowest BCUT2D eigenvalue weighted by Crippen LogP contribution is -2.27. The molecule has 3 heteroatoms. The van der Waals surface area contributed by atoms with Gasteiger partial charge in [0.2, 0.25) is 0 Å². The quantitative estimate of drug-likeness (QED) is 0.599. The van der Waals surface area contributed by atoms with Gasteiger partial charge in [0.1, 0.15) is 0 Å². The van der Waals surface area contributed by atoms with E-state index in [1.54, 1.807) is 0 Å². The molecular formula is C7H15F2N. The van der Waals surface area contributed by atoms with E-state index in [9.17, 15) is 8.78 Å². The SMILES string of the molecule is CCCCCC(F)(F)CN. The number of halogens is 2. The summed E-state index contributed by atoms with van der Waals surface area (Å²) in [4.78, 5) is 0. The molecule has 0 aromatic rings. The molecule has 0 saturated heterocycles. The van der Waals surface area contributed by atoms with E-state index in [2.05, 4.69) is 0 Å². The molecule has 0 aliphatic rings. The Morgan fingerprint density at radius 2 is 1.90 bits per heavy atom. The van der Waals surface area contributed by atoms with Crippen molar-refractivity contribution in [2.24, 2.45) is 5.73 Å². The first-order chi connectivity index (χ1) is 4.62. The van der Waals surface area contributed by atoms with Crippen LogP contribution in [0, 0.1) is 0 Å². The molecule has 0 atom stereocenters. The fourth-order valence-electron chi connectivity index (χ4n) is 0.736. The molecule has 0 aromatic carbocycles. The molecule has 0 saturated carbocycles. The van der Waals surface area contributed by atoms with Crippen molar-refractivity contribution in [1.29, 1.82) is 0 Å². The van der Waals surface area contributed by atoms with E-state index in [4.69, 9.17) is 5.73 Å². The number of hydrogen-bond donors (Lipinski definition) is 1. The second-order valence-electron chi connectivity index (χ2n) is 2.52. The topological polar surface area (TPSA) is 26.0 Å². The number of nitrogens with two attached hydrogens (primary N) is 1. The van der Waals surface area contributed by atoms with Gasteiger partial charge in [0, 0.05) is 6.42 Å². The van der Waals surface area contributed by atoms with E-state index in [1.165, 1.54) is 0 Å². The zero-order valence-electron chi connectivity index (χ0n) is 6.37. The molecule has 10 heavy (non-hydrogen) atoms. The van der Waals surface area contributed by atoms with Crippen molar-refractivity contribution in [3.8, 4) is 0 Å². The Hall–Kier alpha value is -0.180. The van der Waals surface area contributed by atoms with Gasteiger partial charge in [0.15, 0.2) is 0 Å². The van der Waals surface area contributed by atoms with Crippen LogP contribution in [0.3, 0.4) is 0 Å². The molecule has 62 valence electrons. The number of alkyl halides is 2. The molecule has 0 rings (SSSR count). The van der Waals surface area contributed by atoms with Crippen molar-refractivity contribution in [1.82, 2.24) is 0 Å². The van der Waals surface area contributed by atoms with Gasteiger partial charge in [-0.2, -0.15) is 0 Å². The van der Waals surface area contributed by atoms with Crippen LogP contribution >= 0.6 is 0 Å². The van der Waals surface area contributed by atoms with Crippen LogP contribution in [0.25, 0.3) is 0 Å². The minimum Gasteiger partial charge on any atom is -0.325 e. The lowest BCUT2D eigenvalue weighted by molar-refractivity contribution is -0.000233. The van der Waals surface area contributed by atoms with Gasteiger partial charge in [0.25, 0.3) is 5.92 Å². The van der Waals surface area contributed by atoms with Crippen molar-refractivity contribution in [3.63, 3.8) is 0 Å². The van der Waals surface area contributed by atoms with E-state index in [0.717, 1.165) is 12.8 Å². The van der Waals surface area contributed by atoms with Gasteiger partial charge in [-0.3, -0.25) is 0 Å². The summed E-state index contributed by atoms with van der Waals surface area (Å²) in [6, 6.07) is 0. The molecule has 2 N–H and O–H groups in total. The molecule has 0 fully saturated rings. The molecule has 0 radical (unpaired) electrons. The molecule has 0 aromatic heterocycles. The maximum Gasteiger partial charge on any atom is 0.260 e. The molecule has 0 heterocycles. The van der Waals surface area contributed by atoms with E-state index < -0.39 is 12.5 Å². The van der Waals surface area contributed by atoms with Crippen LogP contribution < -0.4 is 5.73 Å². The predicted octanol–water partition coefficient (Wildman–Crippen LogP) is 2.16. The fourth-order valence-corrected chi connectivity index (χ4v) is 0.736. The third-order valence-corrected chi connectivity index (χ3v) is 1.44. The summed E-state index contributed by atoms with van der Waals surface area (Å²) in [7, 11) is 0. The second kappa shape index (κ2) is 4.61. The zero-order chi connectivity index (χ0) is 8.04. The molecule has 0 amide bonds. The van der Waals surface area contributed by atoms with Crippen molar-refractivity contribution in [2.75, 3.05) is 6.54 Å². The number of rotatable bonds is 5. The molecule has 0 unspecified atom stereocenters. The van der Waals surface area contributed by atoms with E-state index >= 15 is 0 Å². The smallest absolute Gasteiger partial charge is 0.260 e. The Morgan fingerprint density at radius 1 is 1.30 bits per heavy atom. The minimum atomic E-state index is -2.63. The fraction of sp³-hybridized carbons (Fsp3) is 1.00. The van der Waals surface area contributed by atoms with Gasteiger partial charge in [-0.1, -0.05) is 19.8 Å². The maximum atomic E-state index is 12.4. The summed E-state index contributed by atoms with van der Waals surface area (Å²) in [6.07, 6.45) is 2.37. The summed E-state index contributed by atoms with van der Waals surface area (Å²) >= 11 is 0. The zero-order valence-corrected chi connectivity index (χ0v) is 6.37. The van der Waals surface area contributed by atoms with Gasteiger partial charge < -0.3 is 5.73 Å². The lowest BCUT2D eigenvalue weighted by atomic mass is 10.1. The van der Waals surface area contributed by atoms with Crippen LogP contribution in [0.1, 0.15) is 32.6 Å². The van der Waals surface area contributed by atoms with Crippen LogP contribution in [0.4, 0.5) is 8.78 Å². The van der Waals surface area contributed by atoms with Crippen molar-refractivity contribution in [3.05, 3.63) is 0 Å². The Kier molecular flexibility index (Phi) is 4.52. The van der Waals surface area contributed by atoms with Crippen molar-refractivity contribution >= 4 is 0 Å². The van der Waals surface area contributed by atoms with Gasteiger partial charge in [0.05, 0.1) is 6.54 Å². The van der Waals surface area contributed by atoms with Crippen molar-refractivity contribution < 1.29 is 8.78 Å². The van der Waals surface area contributed by atoms with E-state index in [0.29, 0.717) is 6.42 Å². The predicted molar refractivity (Wildman–Crippen MR) is 38.1 cm³/mol. The normalized spacial score (nSPS) is 12.0. The molecule has 1 nitrogen and oxygen atoms in total. The monoisotopic (exact) mass is 151 g/mol. The minimum absolute atomic E-state index is 0.0582. The molecular weight excluding hydrogens is 136 g/mol. The van der Waals surface area contributed by atoms with Gasteiger partial charge in [-0.15, -0.1) is 0 Å². The first kappa shape index (κ1) is 9.82. The summed E-state index contributed by atoms with van der Waals surface area (Å²) < 4.78 is 24.7. The standard InChI is InChI=1S/C7H15F2N/c1-2-3-4-5-7(8,9)6-10/h2-6,10H2,1H3. The highest BCUT2D eigenvalue weighted by molar-refractivity contribution is 4.65. The third-order valence-electron chi connectivity index (χ3n) is 1.44. The number of hydrogen-bond acceptors (Lipinski definition) is 1. The Balaban J connectivity index is 3.28. The molecule has 0 spiro atoms. The van der Waals surface area contributed by atoms with Crippen LogP contribution in [-0.2, 0) is 0 Å². The van der Waals surface area contributed by atoms with Crippen molar-refractivity contribution in [2.45, 2.75) is 38.5 Å². The lowest BCUT2D eigenvalue weighted by Gasteiger charge is -2.12. The average molecular weight is 151 g/mol. The summed E-state index contributed by atoms with van der Waals surface area (Å²) in [5, 5.41) is 0. The number of unbranched alkanes of at least 4 members (excludes halogenated alkanes) is 2. The first-order valence-electron chi connectivity index (χ1n) is 3.70. The van der Waals surface area contributed by atoms with Gasteiger partial charge >= 0.3 is 0 Å². The third kappa shape index (κ3) is 4.68. The Morgan fingerprint density at radius 3 is 2.30 bits per heavy atom. The van der Waals surface area contributed by atoms with E-state index in [-0.39, 0.29) is 6.42 Å². The highest BCUT2D eigenvalue weighted by atomic mass is 19.3. The van der Waals surface area contributed by atoms with E-state index in [1.807, 2.05) is 6.92 Å². The van der Waals surface area contributed by atoms with Crippen LogP contribution in [0.2, 0.25) is 0 Å². The van der Waals surface area contributed by atoms with Gasteiger partial charge in [-0.25, -0.2) is 8.78 Å². The average Bonchev–Trinajstić information content (AvgIpc) is 1.89. The van der Waals surface area contributed by atoms with Gasteiger partial charge in [-0.05, 0) is 6.42 Å². The Bertz CT molecular complexity index is 83.7.